The zero-order valence-electron chi connectivity index (χ0n) is 11.3. The Kier molecular flexibility index (Phi) is 3.97. The van der Waals surface area contributed by atoms with Crippen LogP contribution in [-0.4, -0.2) is 5.75 Å². The molecule has 0 heterocycles. The van der Waals surface area contributed by atoms with Gasteiger partial charge in [-0.15, -0.1) is 11.8 Å². The molecular formula is C17H18FNS. The summed E-state index contributed by atoms with van der Waals surface area (Å²) in [6, 6.07) is 13.5. The maximum absolute atomic E-state index is 13.3. The lowest BCUT2D eigenvalue weighted by Crippen LogP contribution is -2.11. The van der Waals surface area contributed by atoms with Crippen molar-refractivity contribution in [2.75, 3.05) is 11.5 Å². The number of benzene rings is 2. The maximum Gasteiger partial charge on any atom is 0.126 e. The SMILES string of the molecule is Nc1cc(F)cc(SCC2CCCc3ccccc32)c1. The molecule has 20 heavy (non-hydrogen) atoms. The summed E-state index contributed by atoms with van der Waals surface area (Å²) in [4.78, 5) is 0.922. The third-order valence-electron chi connectivity index (χ3n) is 3.84. The van der Waals surface area contributed by atoms with Crippen LogP contribution in [0.2, 0.25) is 0 Å². The summed E-state index contributed by atoms with van der Waals surface area (Å²) >= 11 is 1.70. The van der Waals surface area contributed by atoms with Gasteiger partial charge in [0, 0.05) is 16.3 Å². The topological polar surface area (TPSA) is 26.0 Å². The highest BCUT2D eigenvalue weighted by Gasteiger charge is 2.19. The van der Waals surface area contributed by atoms with E-state index >= 15 is 0 Å². The van der Waals surface area contributed by atoms with Crippen molar-refractivity contribution in [1.29, 1.82) is 0 Å². The van der Waals surface area contributed by atoms with Gasteiger partial charge in [-0.2, -0.15) is 0 Å². The molecule has 3 heteroatoms. The Morgan fingerprint density at radius 2 is 2.05 bits per heavy atom. The molecular weight excluding hydrogens is 269 g/mol. The first kappa shape index (κ1) is 13.5. The Labute approximate surface area is 123 Å². The van der Waals surface area contributed by atoms with Gasteiger partial charge in [0.2, 0.25) is 0 Å². The van der Waals surface area contributed by atoms with Crippen molar-refractivity contribution in [3.8, 4) is 0 Å². The van der Waals surface area contributed by atoms with Crippen molar-refractivity contribution in [2.24, 2.45) is 0 Å². The number of aryl methyl sites for hydroxylation is 1. The largest absolute Gasteiger partial charge is 0.399 e. The van der Waals surface area contributed by atoms with Crippen molar-refractivity contribution >= 4 is 17.4 Å². The van der Waals surface area contributed by atoms with Gasteiger partial charge in [0.1, 0.15) is 5.82 Å². The molecule has 0 aromatic heterocycles. The molecule has 1 unspecified atom stereocenters. The van der Waals surface area contributed by atoms with Crippen LogP contribution in [0.5, 0.6) is 0 Å². The van der Waals surface area contributed by atoms with Gasteiger partial charge in [0.25, 0.3) is 0 Å². The summed E-state index contributed by atoms with van der Waals surface area (Å²) in [7, 11) is 0. The number of fused-ring (bicyclic) bond motifs is 1. The van der Waals surface area contributed by atoms with E-state index in [1.54, 1.807) is 17.8 Å². The Bertz CT molecular complexity index is 591. The van der Waals surface area contributed by atoms with Gasteiger partial charge >= 0.3 is 0 Å². The van der Waals surface area contributed by atoms with Crippen molar-refractivity contribution < 1.29 is 4.39 Å². The van der Waals surface area contributed by atoms with Crippen LogP contribution in [0.1, 0.15) is 29.9 Å². The van der Waals surface area contributed by atoms with E-state index in [1.165, 1.54) is 36.5 Å². The zero-order chi connectivity index (χ0) is 13.9. The van der Waals surface area contributed by atoms with E-state index in [0.717, 1.165) is 10.6 Å². The van der Waals surface area contributed by atoms with E-state index in [4.69, 9.17) is 5.73 Å². The highest BCUT2D eigenvalue weighted by Crippen LogP contribution is 2.36. The van der Waals surface area contributed by atoms with Gasteiger partial charge in [-0.05, 0) is 54.5 Å². The van der Waals surface area contributed by atoms with E-state index in [0.29, 0.717) is 11.6 Å². The lowest BCUT2D eigenvalue weighted by Gasteiger charge is -2.25. The number of hydrogen-bond acceptors (Lipinski definition) is 2. The summed E-state index contributed by atoms with van der Waals surface area (Å²) in [5.41, 5.74) is 9.13. The van der Waals surface area contributed by atoms with Crippen LogP contribution in [0.15, 0.2) is 47.4 Å². The highest BCUT2D eigenvalue weighted by atomic mass is 32.2. The number of thioether (sulfide) groups is 1. The highest BCUT2D eigenvalue weighted by molar-refractivity contribution is 7.99. The normalized spacial score (nSPS) is 17.8. The van der Waals surface area contributed by atoms with E-state index in [2.05, 4.69) is 24.3 Å². The Morgan fingerprint density at radius 3 is 2.90 bits per heavy atom. The fourth-order valence-electron chi connectivity index (χ4n) is 2.89. The Balaban J connectivity index is 1.73. The number of anilines is 1. The number of nitrogen functional groups attached to an aromatic ring is 1. The average Bonchev–Trinajstić information content (AvgIpc) is 2.44. The lowest BCUT2D eigenvalue weighted by atomic mass is 9.84. The molecule has 2 N–H and O–H groups in total. The molecule has 0 aliphatic heterocycles. The first-order valence-electron chi connectivity index (χ1n) is 6.99. The lowest BCUT2D eigenvalue weighted by molar-refractivity contribution is 0.596. The van der Waals surface area contributed by atoms with E-state index in [9.17, 15) is 4.39 Å². The van der Waals surface area contributed by atoms with Gasteiger partial charge in [-0.25, -0.2) is 4.39 Å². The van der Waals surface area contributed by atoms with Gasteiger partial charge in [0.15, 0.2) is 0 Å². The second-order valence-electron chi connectivity index (χ2n) is 5.32. The molecule has 0 saturated heterocycles. The van der Waals surface area contributed by atoms with Gasteiger partial charge < -0.3 is 5.73 Å². The van der Waals surface area contributed by atoms with Crippen molar-refractivity contribution in [1.82, 2.24) is 0 Å². The molecule has 0 saturated carbocycles. The average molecular weight is 287 g/mol. The monoisotopic (exact) mass is 287 g/mol. The van der Waals surface area contributed by atoms with E-state index in [1.807, 2.05) is 6.07 Å². The van der Waals surface area contributed by atoms with Gasteiger partial charge in [-0.3, -0.25) is 0 Å². The number of halogens is 1. The summed E-state index contributed by atoms with van der Waals surface area (Å²) in [6.07, 6.45) is 3.65. The molecule has 2 aromatic carbocycles. The van der Waals surface area contributed by atoms with E-state index in [-0.39, 0.29) is 5.82 Å². The molecule has 0 spiro atoms. The van der Waals surface area contributed by atoms with Crippen LogP contribution >= 0.6 is 11.8 Å². The Morgan fingerprint density at radius 1 is 1.20 bits per heavy atom. The summed E-state index contributed by atoms with van der Waals surface area (Å²) in [6.45, 7) is 0. The van der Waals surface area contributed by atoms with Gasteiger partial charge in [0.05, 0.1) is 0 Å². The molecule has 1 atom stereocenters. The summed E-state index contributed by atoms with van der Waals surface area (Å²) in [5.74, 6) is 1.30. The van der Waals surface area contributed by atoms with E-state index < -0.39 is 0 Å². The minimum absolute atomic E-state index is 0.253. The maximum atomic E-state index is 13.3. The summed E-state index contributed by atoms with van der Waals surface area (Å²) in [5, 5.41) is 0. The second kappa shape index (κ2) is 5.88. The van der Waals surface area contributed by atoms with Crippen LogP contribution in [-0.2, 0) is 6.42 Å². The van der Waals surface area contributed by atoms with Crippen LogP contribution in [0, 0.1) is 5.82 Å². The third kappa shape index (κ3) is 2.98. The molecule has 3 rings (SSSR count). The predicted octanol–water partition coefficient (Wildman–Crippen LogP) is 4.62. The molecule has 2 aromatic rings. The predicted molar refractivity (Wildman–Crippen MR) is 83.7 cm³/mol. The molecule has 0 amide bonds. The molecule has 104 valence electrons. The first-order chi connectivity index (χ1) is 9.72. The first-order valence-corrected chi connectivity index (χ1v) is 7.97. The number of rotatable bonds is 3. The zero-order valence-corrected chi connectivity index (χ0v) is 12.1. The number of hydrogen-bond donors (Lipinski definition) is 1. The van der Waals surface area contributed by atoms with Crippen LogP contribution in [0.25, 0.3) is 0 Å². The smallest absolute Gasteiger partial charge is 0.126 e. The van der Waals surface area contributed by atoms with Crippen molar-refractivity contribution in [2.45, 2.75) is 30.1 Å². The molecule has 0 fully saturated rings. The molecule has 0 radical (unpaired) electrons. The van der Waals surface area contributed by atoms with Crippen LogP contribution < -0.4 is 5.73 Å². The van der Waals surface area contributed by atoms with Gasteiger partial charge in [-0.1, -0.05) is 24.3 Å². The fraction of sp³-hybridized carbons (Fsp3) is 0.294. The minimum Gasteiger partial charge on any atom is -0.399 e. The summed E-state index contributed by atoms with van der Waals surface area (Å²) < 4.78 is 13.3. The molecule has 1 aliphatic carbocycles. The standard InChI is InChI=1S/C17H18FNS/c18-14-8-15(19)10-16(9-14)20-11-13-6-3-5-12-4-1-2-7-17(12)13/h1-2,4,7-10,13H,3,5-6,11,19H2. The fourth-order valence-corrected chi connectivity index (χ4v) is 4.05. The number of nitrogens with two attached hydrogens (primary N) is 1. The molecule has 0 bridgehead atoms. The minimum atomic E-state index is -0.253. The van der Waals surface area contributed by atoms with Crippen LogP contribution in [0.4, 0.5) is 10.1 Å². The van der Waals surface area contributed by atoms with Crippen molar-refractivity contribution in [3.05, 3.63) is 59.4 Å². The Hall–Kier alpha value is -1.48. The van der Waals surface area contributed by atoms with Crippen LogP contribution in [0.3, 0.4) is 0 Å². The third-order valence-corrected chi connectivity index (χ3v) is 4.98. The quantitative estimate of drug-likeness (QED) is 0.658. The van der Waals surface area contributed by atoms with Crippen molar-refractivity contribution in [3.63, 3.8) is 0 Å². The molecule has 1 nitrogen and oxygen atoms in total. The second-order valence-corrected chi connectivity index (χ2v) is 6.41. The molecule has 1 aliphatic rings.